The second-order valence-corrected chi connectivity index (χ2v) is 6.39. The number of aryl methyl sites for hydroxylation is 1. The molecule has 102 valence electrons. The second-order valence-electron chi connectivity index (χ2n) is 5.47. The van der Waals surface area contributed by atoms with Gasteiger partial charge in [-0.3, -0.25) is 0 Å². The first-order valence-electron chi connectivity index (χ1n) is 7.46. The van der Waals surface area contributed by atoms with Gasteiger partial charge in [-0.05, 0) is 36.5 Å². The van der Waals surface area contributed by atoms with Crippen LogP contribution in [0.2, 0.25) is 0 Å². The summed E-state index contributed by atoms with van der Waals surface area (Å²) in [5.41, 5.74) is 1.47. The average Bonchev–Trinajstić information content (AvgIpc) is 2.37. The van der Waals surface area contributed by atoms with Crippen LogP contribution in [0, 0.1) is 5.92 Å². The van der Waals surface area contributed by atoms with E-state index in [-0.39, 0.29) is 0 Å². The molecule has 1 rings (SSSR count). The summed E-state index contributed by atoms with van der Waals surface area (Å²) in [6, 6.07) is 8.75. The minimum atomic E-state index is 0.900. The maximum absolute atomic E-state index is 3.48. The van der Waals surface area contributed by atoms with Crippen LogP contribution in [0.25, 0.3) is 0 Å². The number of hydrogen-bond donors (Lipinski definition) is 0. The average molecular weight is 311 g/mol. The van der Waals surface area contributed by atoms with Gasteiger partial charge in [0.2, 0.25) is 0 Å². The van der Waals surface area contributed by atoms with Gasteiger partial charge in [0.15, 0.2) is 0 Å². The van der Waals surface area contributed by atoms with Crippen LogP contribution in [0.15, 0.2) is 28.7 Å². The van der Waals surface area contributed by atoms with Crippen LogP contribution in [0.5, 0.6) is 0 Å². The van der Waals surface area contributed by atoms with E-state index in [1.807, 2.05) is 0 Å². The van der Waals surface area contributed by atoms with Gasteiger partial charge in [-0.25, -0.2) is 0 Å². The normalized spacial score (nSPS) is 12.6. The minimum Gasteiger partial charge on any atom is -0.0654 e. The Morgan fingerprint density at radius 1 is 0.944 bits per heavy atom. The molecular formula is C17H27Br. The van der Waals surface area contributed by atoms with E-state index in [1.165, 1.54) is 61.4 Å². The zero-order valence-corrected chi connectivity index (χ0v) is 13.5. The molecule has 1 aromatic carbocycles. The van der Waals surface area contributed by atoms with Gasteiger partial charge in [-0.15, -0.1) is 0 Å². The third-order valence-corrected chi connectivity index (χ3v) is 4.15. The summed E-state index contributed by atoms with van der Waals surface area (Å²) in [6.45, 7) is 4.69. The van der Waals surface area contributed by atoms with Crippen molar-refractivity contribution in [1.82, 2.24) is 0 Å². The number of benzene rings is 1. The lowest BCUT2D eigenvalue weighted by Gasteiger charge is -2.11. The van der Waals surface area contributed by atoms with Gasteiger partial charge in [0.25, 0.3) is 0 Å². The summed E-state index contributed by atoms with van der Waals surface area (Å²) in [5, 5.41) is 0. The Hall–Kier alpha value is -0.300. The van der Waals surface area contributed by atoms with Crippen molar-refractivity contribution in [3.8, 4) is 0 Å². The summed E-state index contributed by atoms with van der Waals surface area (Å²) in [6.07, 6.45) is 11.0. The Morgan fingerprint density at radius 2 is 1.61 bits per heavy atom. The number of rotatable bonds is 9. The Kier molecular flexibility index (Phi) is 8.41. The molecule has 0 amide bonds. The number of hydrogen-bond acceptors (Lipinski definition) is 0. The van der Waals surface area contributed by atoms with Crippen LogP contribution in [0.3, 0.4) is 0 Å². The number of unbranched alkanes of at least 4 members (excludes halogenated alkanes) is 3. The standard InChI is InChI=1S/C17H27Br/c1-3-4-5-6-8-15(2)9-7-10-16-11-13-17(18)14-12-16/h11-15H,3-10H2,1-2H3. The second kappa shape index (κ2) is 9.61. The van der Waals surface area contributed by atoms with Crippen molar-refractivity contribution in [2.75, 3.05) is 0 Å². The van der Waals surface area contributed by atoms with Crippen molar-refractivity contribution < 1.29 is 0 Å². The molecule has 1 aromatic rings. The highest BCUT2D eigenvalue weighted by molar-refractivity contribution is 9.10. The van der Waals surface area contributed by atoms with E-state index in [2.05, 4.69) is 54.0 Å². The van der Waals surface area contributed by atoms with E-state index < -0.39 is 0 Å². The lowest BCUT2D eigenvalue weighted by Crippen LogP contribution is -1.96. The molecule has 0 radical (unpaired) electrons. The van der Waals surface area contributed by atoms with Crippen molar-refractivity contribution in [3.05, 3.63) is 34.3 Å². The molecule has 1 atom stereocenters. The Balaban J connectivity index is 2.07. The largest absolute Gasteiger partial charge is 0.0654 e. The molecule has 0 aliphatic rings. The van der Waals surface area contributed by atoms with Crippen LogP contribution in [-0.4, -0.2) is 0 Å². The van der Waals surface area contributed by atoms with Crippen LogP contribution < -0.4 is 0 Å². The third-order valence-electron chi connectivity index (χ3n) is 3.63. The SMILES string of the molecule is CCCCCCC(C)CCCc1ccc(Br)cc1. The Labute approximate surface area is 121 Å². The van der Waals surface area contributed by atoms with E-state index in [9.17, 15) is 0 Å². The molecule has 0 saturated carbocycles. The summed E-state index contributed by atoms with van der Waals surface area (Å²) in [4.78, 5) is 0. The highest BCUT2D eigenvalue weighted by Crippen LogP contribution is 2.18. The maximum Gasteiger partial charge on any atom is 0.0175 e. The molecule has 0 aliphatic carbocycles. The first-order chi connectivity index (χ1) is 8.72. The zero-order chi connectivity index (χ0) is 13.2. The lowest BCUT2D eigenvalue weighted by atomic mass is 9.96. The quantitative estimate of drug-likeness (QED) is 0.464. The molecule has 0 saturated heterocycles. The molecule has 0 aliphatic heterocycles. The van der Waals surface area contributed by atoms with Crippen LogP contribution in [0.4, 0.5) is 0 Å². The topological polar surface area (TPSA) is 0 Å². The highest BCUT2D eigenvalue weighted by atomic mass is 79.9. The van der Waals surface area contributed by atoms with Crippen LogP contribution >= 0.6 is 15.9 Å². The van der Waals surface area contributed by atoms with Gasteiger partial charge >= 0.3 is 0 Å². The fraction of sp³-hybridized carbons (Fsp3) is 0.647. The lowest BCUT2D eigenvalue weighted by molar-refractivity contribution is 0.447. The highest BCUT2D eigenvalue weighted by Gasteiger charge is 2.02. The molecule has 0 fully saturated rings. The molecule has 0 nitrogen and oxygen atoms in total. The van der Waals surface area contributed by atoms with Gasteiger partial charge in [0, 0.05) is 4.47 Å². The minimum absolute atomic E-state index is 0.900. The van der Waals surface area contributed by atoms with Gasteiger partial charge in [0.05, 0.1) is 0 Å². The van der Waals surface area contributed by atoms with Crippen molar-refractivity contribution in [1.29, 1.82) is 0 Å². The molecule has 0 aromatic heterocycles. The molecule has 0 N–H and O–H groups in total. The van der Waals surface area contributed by atoms with Crippen LogP contribution in [-0.2, 0) is 6.42 Å². The van der Waals surface area contributed by atoms with Crippen LogP contribution in [0.1, 0.15) is 64.4 Å². The van der Waals surface area contributed by atoms with Crippen molar-refractivity contribution >= 4 is 15.9 Å². The van der Waals surface area contributed by atoms with Crippen molar-refractivity contribution in [3.63, 3.8) is 0 Å². The van der Waals surface area contributed by atoms with Gasteiger partial charge < -0.3 is 0 Å². The summed E-state index contributed by atoms with van der Waals surface area (Å²) in [5.74, 6) is 0.900. The van der Waals surface area contributed by atoms with Gasteiger partial charge in [0.1, 0.15) is 0 Å². The van der Waals surface area contributed by atoms with E-state index in [1.54, 1.807) is 0 Å². The molecular weight excluding hydrogens is 284 g/mol. The van der Waals surface area contributed by atoms with Crippen molar-refractivity contribution in [2.24, 2.45) is 5.92 Å². The Morgan fingerprint density at radius 3 is 2.28 bits per heavy atom. The maximum atomic E-state index is 3.48. The molecule has 1 heteroatoms. The predicted octanol–water partition coefficient (Wildman–Crippen LogP) is 6.38. The Bertz CT molecular complexity index is 302. The van der Waals surface area contributed by atoms with E-state index in [0.717, 1.165) is 5.92 Å². The van der Waals surface area contributed by atoms with E-state index in [4.69, 9.17) is 0 Å². The molecule has 0 heterocycles. The number of halogens is 1. The first kappa shape index (κ1) is 15.8. The molecule has 1 unspecified atom stereocenters. The fourth-order valence-electron chi connectivity index (χ4n) is 2.37. The summed E-state index contributed by atoms with van der Waals surface area (Å²) in [7, 11) is 0. The summed E-state index contributed by atoms with van der Waals surface area (Å²) >= 11 is 3.48. The van der Waals surface area contributed by atoms with Crippen molar-refractivity contribution in [2.45, 2.75) is 65.2 Å². The van der Waals surface area contributed by atoms with Gasteiger partial charge in [-0.2, -0.15) is 0 Å². The molecule has 0 bridgehead atoms. The van der Waals surface area contributed by atoms with E-state index in [0.29, 0.717) is 0 Å². The fourth-order valence-corrected chi connectivity index (χ4v) is 2.63. The first-order valence-corrected chi connectivity index (χ1v) is 8.26. The van der Waals surface area contributed by atoms with Gasteiger partial charge in [-0.1, -0.05) is 80.4 Å². The predicted molar refractivity (Wildman–Crippen MR) is 85.0 cm³/mol. The monoisotopic (exact) mass is 310 g/mol. The molecule has 0 spiro atoms. The van der Waals surface area contributed by atoms with E-state index >= 15 is 0 Å². The third kappa shape index (κ3) is 7.20. The zero-order valence-electron chi connectivity index (χ0n) is 11.9. The summed E-state index contributed by atoms with van der Waals surface area (Å²) < 4.78 is 1.18. The molecule has 18 heavy (non-hydrogen) atoms. The smallest absolute Gasteiger partial charge is 0.0175 e.